The summed E-state index contributed by atoms with van der Waals surface area (Å²) >= 11 is 1.70. The molecule has 5 rings (SSSR count). The lowest BCUT2D eigenvalue weighted by Crippen LogP contribution is -2.38. The summed E-state index contributed by atoms with van der Waals surface area (Å²) in [5, 5.41) is 2.06. The lowest BCUT2D eigenvalue weighted by molar-refractivity contribution is 0.0711. The van der Waals surface area contributed by atoms with Crippen LogP contribution in [0, 0.1) is 5.92 Å². The Kier molecular flexibility index (Phi) is 5.10. The van der Waals surface area contributed by atoms with Crippen molar-refractivity contribution in [1.82, 2.24) is 14.5 Å². The quantitative estimate of drug-likeness (QED) is 0.527. The summed E-state index contributed by atoms with van der Waals surface area (Å²) in [6.07, 6.45) is 5.53. The summed E-state index contributed by atoms with van der Waals surface area (Å²) in [7, 11) is 0. The lowest BCUT2D eigenvalue weighted by Gasteiger charge is -2.29. The molecule has 1 aromatic carbocycles. The molecule has 0 aliphatic carbocycles. The van der Waals surface area contributed by atoms with Gasteiger partial charge in [0.2, 0.25) is 0 Å². The normalized spacial score (nSPS) is 15.4. The highest BCUT2D eigenvalue weighted by Gasteiger charge is 2.25. The maximum atomic E-state index is 13.1. The van der Waals surface area contributed by atoms with Crippen molar-refractivity contribution in [3.8, 4) is 10.4 Å². The summed E-state index contributed by atoms with van der Waals surface area (Å²) in [5.41, 5.74) is 6.99. The van der Waals surface area contributed by atoms with Crippen molar-refractivity contribution < 1.29 is 9.53 Å². The zero-order valence-corrected chi connectivity index (χ0v) is 18.4. The number of aromatic nitrogens is 2. The third kappa shape index (κ3) is 3.76. The summed E-state index contributed by atoms with van der Waals surface area (Å²) in [6.45, 7) is 6.05. The van der Waals surface area contributed by atoms with Gasteiger partial charge in [-0.15, -0.1) is 11.3 Å². The van der Waals surface area contributed by atoms with Gasteiger partial charge < -0.3 is 14.2 Å². The molecule has 0 unspecified atom stereocenters. The second kappa shape index (κ2) is 8.06. The summed E-state index contributed by atoms with van der Waals surface area (Å²) in [4.78, 5) is 20.8. The van der Waals surface area contributed by atoms with Crippen molar-refractivity contribution in [3.05, 3.63) is 88.9 Å². The van der Waals surface area contributed by atoms with Crippen molar-refractivity contribution in [2.45, 2.75) is 26.9 Å². The lowest BCUT2D eigenvalue weighted by atomic mass is 10.1. The number of benzene rings is 1. The van der Waals surface area contributed by atoms with Crippen LogP contribution in [0.4, 0.5) is 0 Å². The van der Waals surface area contributed by atoms with Crippen LogP contribution in [0.25, 0.3) is 16.0 Å². The van der Waals surface area contributed by atoms with Crippen LogP contribution in [0.15, 0.2) is 71.8 Å². The van der Waals surface area contributed by atoms with Gasteiger partial charge in [0.1, 0.15) is 17.8 Å². The van der Waals surface area contributed by atoms with E-state index in [0.717, 1.165) is 28.4 Å². The molecule has 0 fully saturated rings. The first-order chi connectivity index (χ1) is 15.1. The highest BCUT2D eigenvalue weighted by atomic mass is 32.1. The van der Waals surface area contributed by atoms with E-state index in [2.05, 4.69) is 40.6 Å². The van der Waals surface area contributed by atoms with E-state index in [1.54, 1.807) is 17.6 Å². The molecule has 1 amide bonds. The van der Waals surface area contributed by atoms with Gasteiger partial charge >= 0.3 is 0 Å². The zero-order valence-electron chi connectivity index (χ0n) is 17.5. The predicted octanol–water partition coefficient (Wildman–Crippen LogP) is 5.33. The van der Waals surface area contributed by atoms with E-state index in [0.29, 0.717) is 31.1 Å². The Bertz CT molecular complexity index is 1210. The van der Waals surface area contributed by atoms with E-state index >= 15 is 0 Å². The van der Waals surface area contributed by atoms with Crippen molar-refractivity contribution in [3.63, 3.8) is 0 Å². The maximum absolute atomic E-state index is 13.1. The number of ether oxygens (including phenoxy) is 1. The van der Waals surface area contributed by atoms with Crippen LogP contribution in [-0.2, 0) is 17.8 Å². The molecular formula is C25H23N3O2S. The number of fused-ring (bicyclic) bond motifs is 1. The molecule has 6 heteroatoms. The fourth-order valence-corrected chi connectivity index (χ4v) is 4.59. The van der Waals surface area contributed by atoms with Gasteiger partial charge in [-0.05, 0) is 35.2 Å². The van der Waals surface area contributed by atoms with Gasteiger partial charge in [0.05, 0.1) is 24.0 Å². The number of carbonyl (C=O) groups is 1. The molecule has 0 saturated heterocycles. The number of carbonyl (C=O) groups excluding carboxylic acids is 1. The molecule has 0 bridgehead atoms. The Balaban J connectivity index is 1.32. The molecule has 2 aliphatic heterocycles. The Hall–Kier alpha value is -3.34. The molecule has 3 aromatic rings. The van der Waals surface area contributed by atoms with E-state index in [1.807, 2.05) is 47.5 Å². The third-order valence-electron chi connectivity index (χ3n) is 5.57. The minimum Gasteiger partial charge on any atom is -0.460 e. The molecule has 31 heavy (non-hydrogen) atoms. The van der Waals surface area contributed by atoms with Crippen LogP contribution in [-0.4, -0.2) is 26.9 Å². The van der Waals surface area contributed by atoms with E-state index < -0.39 is 0 Å². The fourth-order valence-electron chi connectivity index (χ4n) is 3.85. The van der Waals surface area contributed by atoms with Gasteiger partial charge in [-0.2, -0.15) is 0 Å². The smallest absolute Gasteiger partial charge is 0.254 e. The second-order valence-corrected chi connectivity index (χ2v) is 8.95. The average Bonchev–Trinajstić information content (AvgIpc) is 3.49. The number of hydrogen-bond donors (Lipinski definition) is 0. The van der Waals surface area contributed by atoms with Crippen molar-refractivity contribution in [2.75, 3.05) is 6.54 Å². The molecule has 2 aromatic heterocycles. The first-order valence-electron chi connectivity index (χ1n) is 10.4. The van der Waals surface area contributed by atoms with Crippen molar-refractivity contribution in [1.29, 1.82) is 0 Å². The first kappa shape index (κ1) is 19.6. The van der Waals surface area contributed by atoms with E-state index in [9.17, 15) is 4.79 Å². The highest BCUT2D eigenvalue weighted by Crippen LogP contribution is 2.27. The highest BCUT2D eigenvalue weighted by molar-refractivity contribution is 7.13. The number of allylic oxidation sites excluding steroid dienone is 2. The minimum absolute atomic E-state index is 0.0522. The fraction of sp³-hybridized carbons (Fsp3) is 0.240. The van der Waals surface area contributed by atoms with Gasteiger partial charge in [-0.1, -0.05) is 37.8 Å². The first-order valence-corrected chi connectivity index (χ1v) is 11.3. The van der Waals surface area contributed by atoms with Crippen LogP contribution >= 0.6 is 11.3 Å². The van der Waals surface area contributed by atoms with Gasteiger partial charge in [0, 0.05) is 29.4 Å². The number of amides is 1. The number of imidazole rings is 1. The van der Waals surface area contributed by atoms with Gasteiger partial charge in [0.25, 0.3) is 5.91 Å². The Morgan fingerprint density at radius 1 is 1.19 bits per heavy atom. The Labute approximate surface area is 185 Å². The summed E-state index contributed by atoms with van der Waals surface area (Å²) in [5.74, 6) is 2.03. The minimum atomic E-state index is 0.0522. The van der Waals surface area contributed by atoms with Crippen LogP contribution in [0.5, 0.6) is 0 Å². The summed E-state index contributed by atoms with van der Waals surface area (Å²) < 4.78 is 7.88. The van der Waals surface area contributed by atoms with Crippen molar-refractivity contribution >= 4 is 22.8 Å². The van der Waals surface area contributed by atoms with Crippen LogP contribution < -0.4 is 0 Å². The molecule has 0 radical (unpaired) electrons. The average molecular weight is 430 g/mol. The van der Waals surface area contributed by atoms with Gasteiger partial charge in [0.15, 0.2) is 0 Å². The van der Waals surface area contributed by atoms with Crippen LogP contribution in [0.3, 0.4) is 0 Å². The molecule has 0 atom stereocenters. The zero-order chi connectivity index (χ0) is 21.4. The van der Waals surface area contributed by atoms with Crippen LogP contribution in [0.1, 0.15) is 35.7 Å². The molecule has 156 valence electrons. The topological polar surface area (TPSA) is 47.4 Å². The van der Waals surface area contributed by atoms with Gasteiger partial charge in [-0.25, -0.2) is 4.98 Å². The predicted molar refractivity (Wildman–Crippen MR) is 122 cm³/mol. The number of nitrogens with zero attached hydrogens (tertiary/aromatic N) is 3. The number of thiophene rings is 1. The molecule has 0 saturated carbocycles. The number of rotatable bonds is 4. The van der Waals surface area contributed by atoms with E-state index in [-0.39, 0.29) is 5.91 Å². The summed E-state index contributed by atoms with van der Waals surface area (Å²) in [6, 6.07) is 12.0. The molecule has 0 spiro atoms. The monoisotopic (exact) mass is 429 g/mol. The van der Waals surface area contributed by atoms with E-state index in [4.69, 9.17) is 4.74 Å². The molecule has 2 aliphatic rings. The Morgan fingerprint density at radius 3 is 2.71 bits per heavy atom. The number of hydrogen-bond acceptors (Lipinski definition) is 4. The standard InChI is InChI=1S/C25H23N3O2S/c1-17(2)22-10-9-20(16-30-22)24-26-14-21-15-27(11-12-28(21)24)25(29)19-7-5-18(6-8-19)23-4-3-13-31-23/h3-9,13-14,16-17H,11-12,15H2,1-2H3. The Morgan fingerprint density at radius 2 is 2.03 bits per heavy atom. The molecular weight excluding hydrogens is 406 g/mol. The second-order valence-electron chi connectivity index (χ2n) is 8.00. The SMILES string of the molecule is CC(C)C1=C=CC(c2ncc3n2CCN(C(=O)c2ccc(-c4cccs4)cc2)C3)=CO1. The molecule has 4 heterocycles. The van der Waals surface area contributed by atoms with Gasteiger partial charge in [-0.3, -0.25) is 4.79 Å². The van der Waals surface area contributed by atoms with Crippen LogP contribution in [0.2, 0.25) is 0 Å². The molecule has 5 nitrogen and oxygen atoms in total. The van der Waals surface area contributed by atoms with Crippen molar-refractivity contribution in [2.24, 2.45) is 5.92 Å². The van der Waals surface area contributed by atoms with E-state index in [1.165, 1.54) is 4.88 Å². The third-order valence-corrected chi connectivity index (χ3v) is 6.49. The molecule has 0 N–H and O–H groups in total. The largest absolute Gasteiger partial charge is 0.460 e. The maximum Gasteiger partial charge on any atom is 0.254 e.